The zero-order valence-electron chi connectivity index (χ0n) is 9.69. The molecule has 0 unspecified atom stereocenters. The standard InChI is InChI=1S/C13H19Cl/c1-12(2,3)10-8-6-7-9-11(10)13(4,5)14/h6-9H,1-5H3. The van der Waals surface area contributed by atoms with Crippen molar-refractivity contribution < 1.29 is 0 Å². The first-order valence-corrected chi connectivity index (χ1v) is 5.39. The van der Waals surface area contributed by atoms with Crippen molar-refractivity contribution in [1.82, 2.24) is 0 Å². The Morgan fingerprint density at radius 2 is 1.29 bits per heavy atom. The molecule has 0 aliphatic heterocycles. The van der Waals surface area contributed by atoms with Gasteiger partial charge in [0.1, 0.15) is 0 Å². The lowest BCUT2D eigenvalue weighted by Gasteiger charge is -2.28. The molecule has 0 amide bonds. The van der Waals surface area contributed by atoms with Crippen LogP contribution in [0.2, 0.25) is 0 Å². The molecular formula is C13H19Cl. The van der Waals surface area contributed by atoms with E-state index in [0.29, 0.717) is 0 Å². The quantitative estimate of drug-likeness (QED) is 0.601. The minimum atomic E-state index is -0.288. The van der Waals surface area contributed by atoms with E-state index in [2.05, 4.69) is 45.0 Å². The van der Waals surface area contributed by atoms with Crippen molar-refractivity contribution in [2.75, 3.05) is 0 Å². The highest BCUT2D eigenvalue weighted by molar-refractivity contribution is 6.23. The summed E-state index contributed by atoms with van der Waals surface area (Å²) in [5, 5.41) is 0. The molecule has 0 atom stereocenters. The molecule has 78 valence electrons. The SMILES string of the molecule is CC(C)(C)c1ccccc1C(C)(C)Cl. The minimum absolute atomic E-state index is 0.156. The second-order valence-corrected chi connectivity index (χ2v) is 6.21. The molecule has 0 aliphatic rings. The fraction of sp³-hybridized carbons (Fsp3) is 0.538. The molecular weight excluding hydrogens is 192 g/mol. The number of hydrogen-bond donors (Lipinski definition) is 0. The van der Waals surface area contributed by atoms with Crippen LogP contribution in [-0.2, 0) is 10.3 Å². The number of hydrogen-bond acceptors (Lipinski definition) is 0. The molecule has 0 saturated carbocycles. The van der Waals surface area contributed by atoms with Gasteiger partial charge in [-0.2, -0.15) is 0 Å². The molecule has 0 heterocycles. The van der Waals surface area contributed by atoms with Gasteiger partial charge in [0.25, 0.3) is 0 Å². The van der Waals surface area contributed by atoms with Gasteiger partial charge in [0.05, 0.1) is 4.87 Å². The lowest BCUT2D eigenvalue weighted by molar-refractivity contribution is 0.570. The number of benzene rings is 1. The Hall–Kier alpha value is -0.490. The second-order valence-electron chi connectivity index (χ2n) is 5.27. The molecule has 0 aromatic heterocycles. The predicted molar refractivity (Wildman–Crippen MR) is 64.0 cm³/mol. The van der Waals surface area contributed by atoms with Crippen LogP contribution in [0.4, 0.5) is 0 Å². The summed E-state index contributed by atoms with van der Waals surface area (Å²) in [7, 11) is 0. The first-order chi connectivity index (χ1) is 6.23. The van der Waals surface area contributed by atoms with Crippen molar-refractivity contribution in [2.45, 2.75) is 44.9 Å². The molecule has 0 aliphatic carbocycles. The van der Waals surface area contributed by atoms with Gasteiger partial charge in [-0.05, 0) is 30.4 Å². The van der Waals surface area contributed by atoms with Gasteiger partial charge in [-0.15, -0.1) is 11.6 Å². The predicted octanol–water partition coefficient (Wildman–Crippen LogP) is 4.46. The highest BCUT2D eigenvalue weighted by Crippen LogP contribution is 2.35. The van der Waals surface area contributed by atoms with Gasteiger partial charge < -0.3 is 0 Å². The molecule has 0 radical (unpaired) electrons. The van der Waals surface area contributed by atoms with E-state index < -0.39 is 0 Å². The number of halogens is 1. The van der Waals surface area contributed by atoms with Crippen LogP contribution in [0.15, 0.2) is 24.3 Å². The van der Waals surface area contributed by atoms with Crippen LogP contribution in [0.3, 0.4) is 0 Å². The van der Waals surface area contributed by atoms with E-state index in [9.17, 15) is 0 Å². The highest BCUT2D eigenvalue weighted by Gasteiger charge is 2.25. The molecule has 0 fully saturated rings. The molecule has 1 heteroatoms. The maximum atomic E-state index is 6.37. The Labute approximate surface area is 92.3 Å². The van der Waals surface area contributed by atoms with Crippen molar-refractivity contribution in [3.05, 3.63) is 35.4 Å². The minimum Gasteiger partial charge on any atom is -0.115 e. The lowest BCUT2D eigenvalue weighted by Crippen LogP contribution is -2.20. The van der Waals surface area contributed by atoms with Gasteiger partial charge in [-0.25, -0.2) is 0 Å². The first-order valence-electron chi connectivity index (χ1n) is 5.02. The van der Waals surface area contributed by atoms with Crippen LogP contribution < -0.4 is 0 Å². The molecule has 1 aromatic carbocycles. The van der Waals surface area contributed by atoms with E-state index >= 15 is 0 Å². The molecule has 14 heavy (non-hydrogen) atoms. The van der Waals surface area contributed by atoms with Crippen molar-refractivity contribution in [3.63, 3.8) is 0 Å². The van der Waals surface area contributed by atoms with Gasteiger partial charge in [0, 0.05) is 0 Å². The van der Waals surface area contributed by atoms with Crippen LogP contribution in [0.5, 0.6) is 0 Å². The lowest BCUT2D eigenvalue weighted by atomic mass is 9.80. The number of alkyl halides is 1. The van der Waals surface area contributed by atoms with E-state index in [0.717, 1.165) is 0 Å². The molecule has 0 N–H and O–H groups in total. The van der Waals surface area contributed by atoms with Gasteiger partial charge in [0.15, 0.2) is 0 Å². The largest absolute Gasteiger partial charge is 0.115 e. The van der Waals surface area contributed by atoms with E-state index in [1.165, 1.54) is 11.1 Å². The summed E-state index contributed by atoms with van der Waals surface area (Å²) in [6.07, 6.45) is 0. The van der Waals surface area contributed by atoms with Crippen LogP contribution in [0.1, 0.15) is 45.7 Å². The average molecular weight is 211 g/mol. The first kappa shape index (κ1) is 11.6. The monoisotopic (exact) mass is 210 g/mol. The van der Waals surface area contributed by atoms with Crippen LogP contribution in [0.25, 0.3) is 0 Å². The molecule has 0 saturated heterocycles. The Balaban J connectivity index is 3.31. The van der Waals surface area contributed by atoms with Crippen molar-refractivity contribution in [2.24, 2.45) is 0 Å². The third-order valence-electron chi connectivity index (χ3n) is 2.38. The van der Waals surface area contributed by atoms with E-state index in [1.54, 1.807) is 0 Å². The average Bonchev–Trinajstić information content (AvgIpc) is 2.01. The summed E-state index contributed by atoms with van der Waals surface area (Å²) < 4.78 is 0. The summed E-state index contributed by atoms with van der Waals surface area (Å²) in [6.45, 7) is 10.7. The van der Waals surface area contributed by atoms with Crippen molar-refractivity contribution in [1.29, 1.82) is 0 Å². The molecule has 0 spiro atoms. The van der Waals surface area contributed by atoms with Crippen LogP contribution in [0, 0.1) is 0 Å². The Bertz CT molecular complexity index is 280. The fourth-order valence-electron chi connectivity index (χ4n) is 1.66. The van der Waals surface area contributed by atoms with E-state index in [1.807, 2.05) is 13.8 Å². The van der Waals surface area contributed by atoms with Gasteiger partial charge in [-0.1, -0.05) is 45.0 Å². The Morgan fingerprint density at radius 1 is 0.857 bits per heavy atom. The number of rotatable bonds is 1. The summed E-state index contributed by atoms with van der Waals surface area (Å²) in [4.78, 5) is -0.288. The van der Waals surface area contributed by atoms with Gasteiger partial charge >= 0.3 is 0 Å². The molecule has 1 aromatic rings. The van der Waals surface area contributed by atoms with Crippen molar-refractivity contribution >= 4 is 11.6 Å². The topological polar surface area (TPSA) is 0 Å². The maximum Gasteiger partial charge on any atom is 0.0641 e. The molecule has 0 bridgehead atoms. The molecule has 1 rings (SSSR count). The van der Waals surface area contributed by atoms with Crippen LogP contribution in [-0.4, -0.2) is 0 Å². The smallest absolute Gasteiger partial charge is 0.0641 e. The summed E-state index contributed by atoms with van der Waals surface area (Å²) >= 11 is 6.37. The van der Waals surface area contributed by atoms with Crippen LogP contribution >= 0.6 is 11.6 Å². The molecule has 0 nitrogen and oxygen atoms in total. The zero-order chi connectivity index (χ0) is 11.0. The third-order valence-corrected chi connectivity index (χ3v) is 2.58. The van der Waals surface area contributed by atoms with Crippen molar-refractivity contribution in [3.8, 4) is 0 Å². The third kappa shape index (κ3) is 2.51. The maximum absolute atomic E-state index is 6.37. The normalized spacial score (nSPS) is 13.0. The van der Waals surface area contributed by atoms with Gasteiger partial charge in [-0.3, -0.25) is 0 Å². The van der Waals surface area contributed by atoms with Gasteiger partial charge in [0.2, 0.25) is 0 Å². The Kier molecular flexibility index (Phi) is 2.96. The summed E-state index contributed by atoms with van der Waals surface area (Å²) in [6, 6.07) is 8.41. The van der Waals surface area contributed by atoms with E-state index in [4.69, 9.17) is 11.6 Å². The van der Waals surface area contributed by atoms with E-state index in [-0.39, 0.29) is 10.3 Å². The summed E-state index contributed by atoms with van der Waals surface area (Å²) in [5.74, 6) is 0. The summed E-state index contributed by atoms with van der Waals surface area (Å²) in [5.41, 5.74) is 2.72. The highest BCUT2D eigenvalue weighted by atomic mass is 35.5. The fourth-order valence-corrected chi connectivity index (χ4v) is 1.82. The Morgan fingerprint density at radius 3 is 1.57 bits per heavy atom. The second kappa shape index (κ2) is 3.58. The zero-order valence-corrected chi connectivity index (χ0v) is 10.4.